The molecule has 2 heterocycles. The lowest BCUT2D eigenvalue weighted by molar-refractivity contribution is 0.0441. The van der Waals surface area contributed by atoms with Crippen LogP contribution < -0.4 is 0 Å². The molecule has 0 aliphatic carbocycles. The number of hydrogen-bond acceptors (Lipinski definition) is 4. The summed E-state index contributed by atoms with van der Waals surface area (Å²) in [6, 6.07) is 2.84. The molecule has 0 bridgehead atoms. The summed E-state index contributed by atoms with van der Waals surface area (Å²) in [5.74, 6) is -0.393. The van der Waals surface area contributed by atoms with Crippen LogP contribution in [0.15, 0.2) is 18.3 Å². The van der Waals surface area contributed by atoms with Gasteiger partial charge in [0.25, 0.3) is 0 Å². The van der Waals surface area contributed by atoms with Gasteiger partial charge in [-0.05, 0) is 51.3 Å². The number of pyridine rings is 1. The van der Waals surface area contributed by atoms with Gasteiger partial charge in [0.1, 0.15) is 5.82 Å². The molecule has 0 spiro atoms. The Morgan fingerprint density at radius 2 is 2.20 bits per heavy atom. The third-order valence-electron chi connectivity index (χ3n) is 3.97. The minimum Gasteiger partial charge on any atom is -0.390 e. The smallest absolute Gasteiger partial charge is 0.141 e. The van der Waals surface area contributed by atoms with Crippen molar-refractivity contribution in [2.75, 3.05) is 19.6 Å². The average Bonchev–Trinajstić information content (AvgIpc) is 2.58. The molecule has 0 amide bonds. The molecule has 2 rings (SSSR count). The standard InChI is InChI=1S/C15H23FN2O2/c1-15(20)6-2-8-18(10-7-15)9-5-14(19)13-4-3-12(16)11-17-13/h3-4,11,14,19-20H,2,5-10H2,1H3. The molecule has 1 saturated heterocycles. The van der Waals surface area contributed by atoms with Gasteiger partial charge in [-0.3, -0.25) is 4.98 Å². The predicted molar refractivity (Wildman–Crippen MR) is 74.7 cm³/mol. The van der Waals surface area contributed by atoms with Crippen LogP contribution >= 0.6 is 0 Å². The van der Waals surface area contributed by atoms with E-state index in [4.69, 9.17) is 0 Å². The highest BCUT2D eigenvalue weighted by molar-refractivity contribution is 5.07. The molecule has 20 heavy (non-hydrogen) atoms. The summed E-state index contributed by atoms with van der Waals surface area (Å²) in [4.78, 5) is 6.16. The summed E-state index contributed by atoms with van der Waals surface area (Å²) in [6.07, 6.45) is 3.59. The first kappa shape index (κ1) is 15.4. The van der Waals surface area contributed by atoms with E-state index in [1.165, 1.54) is 12.1 Å². The Morgan fingerprint density at radius 1 is 1.40 bits per heavy atom. The topological polar surface area (TPSA) is 56.6 Å². The largest absolute Gasteiger partial charge is 0.390 e. The number of halogens is 1. The molecule has 0 saturated carbocycles. The van der Waals surface area contributed by atoms with E-state index in [9.17, 15) is 14.6 Å². The Hall–Kier alpha value is -1.04. The maximum absolute atomic E-state index is 12.8. The SMILES string of the molecule is CC1(O)CCCN(CCC(O)c2ccc(F)cn2)CC1. The highest BCUT2D eigenvalue weighted by Gasteiger charge is 2.25. The Balaban J connectivity index is 1.81. The molecule has 4 nitrogen and oxygen atoms in total. The fourth-order valence-electron chi connectivity index (χ4n) is 2.58. The van der Waals surface area contributed by atoms with E-state index in [1.54, 1.807) is 0 Å². The number of aliphatic hydroxyl groups excluding tert-OH is 1. The predicted octanol–water partition coefficient (Wildman–Crippen LogP) is 1.88. The van der Waals surface area contributed by atoms with Crippen molar-refractivity contribution in [1.82, 2.24) is 9.88 Å². The van der Waals surface area contributed by atoms with Crippen LogP contribution in [0.1, 0.15) is 44.4 Å². The fourth-order valence-corrected chi connectivity index (χ4v) is 2.58. The van der Waals surface area contributed by atoms with Gasteiger partial charge < -0.3 is 15.1 Å². The molecule has 112 valence electrons. The number of aromatic nitrogens is 1. The van der Waals surface area contributed by atoms with E-state index in [-0.39, 0.29) is 0 Å². The molecule has 1 fully saturated rings. The van der Waals surface area contributed by atoms with Crippen molar-refractivity contribution in [2.24, 2.45) is 0 Å². The lowest BCUT2D eigenvalue weighted by Gasteiger charge is -2.23. The van der Waals surface area contributed by atoms with Crippen LogP contribution in [-0.2, 0) is 0 Å². The van der Waals surface area contributed by atoms with Crippen molar-refractivity contribution in [3.8, 4) is 0 Å². The highest BCUT2D eigenvalue weighted by Crippen LogP contribution is 2.22. The van der Waals surface area contributed by atoms with Gasteiger partial charge in [0.2, 0.25) is 0 Å². The number of nitrogens with zero attached hydrogens (tertiary/aromatic N) is 2. The Bertz CT molecular complexity index is 422. The van der Waals surface area contributed by atoms with E-state index in [2.05, 4.69) is 9.88 Å². The monoisotopic (exact) mass is 282 g/mol. The van der Waals surface area contributed by atoms with Crippen molar-refractivity contribution in [2.45, 2.75) is 44.3 Å². The van der Waals surface area contributed by atoms with E-state index < -0.39 is 17.5 Å². The van der Waals surface area contributed by atoms with Gasteiger partial charge in [-0.15, -0.1) is 0 Å². The molecule has 1 aliphatic rings. The average molecular weight is 282 g/mol. The zero-order valence-electron chi connectivity index (χ0n) is 11.9. The number of hydrogen-bond donors (Lipinski definition) is 2. The molecule has 0 aromatic carbocycles. The van der Waals surface area contributed by atoms with Gasteiger partial charge in [-0.25, -0.2) is 4.39 Å². The molecule has 2 N–H and O–H groups in total. The minimum atomic E-state index is -0.667. The molecule has 1 aromatic heterocycles. The molecule has 2 atom stereocenters. The second-order valence-electron chi connectivity index (χ2n) is 5.90. The molecule has 1 aliphatic heterocycles. The Morgan fingerprint density at radius 3 is 2.90 bits per heavy atom. The first-order valence-electron chi connectivity index (χ1n) is 7.20. The first-order valence-corrected chi connectivity index (χ1v) is 7.20. The van der Waals surface area contributed by atoms with E-state index in [1.807, 2.05) is 6.92 Å². The van der Waals surface area contributed by atoms with Crippen molar-refractivity contribution in [3.05, 3.63) is 29.8 Å². The number of rotatable bonds is 4. The molecular weight excluding hydrogens is 259 g/mol. The maximum atomic E-state index is 12.8. The number of aliphatic hydroxyl groups is 2. The van der Waals surface area contributed by atoms with Crippen LogP contribution in [-0.4, -0.2) is 45.3 Å². The lowest BCUT2D eigenvalue weighted by atomic mass is 9.98. The van der Waals surface area contributed by atoms with Gasteiger partial charge in [-0.1, -0.05) is 0 Å². The lowest BCUT2D eigenvalue weighted by Crippen LogP contribution is -2.29. The highest BCUT2D eigenvalue weighted by atomic mass is 19.1. The van der Waals surface area contributed by atoms with Crippen molar-refractivity contribution in [1.29, 1.82) is 0 Å². The van der Waals surface area contributed by atoms with Crippen LogP contribution in [0, 0.1) is 5.82 Å². The number of likely N-dealkylation sites (tertiary alicyclic amines) is 1. The van der Waals surface area contributed by atoms with E-state index >= 15 is 0 Å². The Kier molecular flexibility index (Phi) is 5.07. The van der Waals surface area contributed by atoms with Crippen LogP contribution in [0.2, 0.25) is 0 Å². The van der Waals surface area contributed by atoms with Gasteiger partial charge in [0.05, 0.1) is 23.6 Å². The first-order chi connectivity index (χ1) is 9.46. The van der Waals surface area contributed by atoms with Crippen LogP contribution in [0.4, 0.5) is 4.39 Å². The maximum Gasteiger partial charge on any atom is 0.141 e. The third-order valence-corrected chi connectivity index (χ3v) is 3.97. The summed E-state index contributed by atoms with van der Waals surface area (Å²) in [5.41, 5.74) is -0.0560. The minimum absolute atomic E-state index is 0.393. The van der Waals surface area contributed by atoms with E-state index in [0.29, 0.717) is 12.1 Å². The second-order valence-corrected chi connectivity index (χ2v) is 5.90. The van der Waals surface area contributed by atoms with Gasteiger partial charge in [-0.2, -0.15) is 0 Å². The van der Waals surface area contributed by atoms with E-state index in [0.717, 1.165) is 45.1 Å². The van der Waals surface area contributed by atoms with Crippen LogP contribution in [0.3, 0.4) is 0 Å². The zero-order valence-corrected chi connectivity index (χ0v) is 11.9. The fraction of sp³-hybridized carbons (Fsp3) is 0.667. The van der Waals surface area contributed by atoms with Gasteiger partial charge in [0.15, 0.2) is 0 Å². The molecule has 5 heteroatoms. The molecule has 0 radical (unpaired) electrons. The third kappa shape index (κ3) is 4.51. The summed E-state index contributed by atoms with van der Waals surface area (Å²) in [5, 5.41) is 20.1. The van der Waals surface area contributed by atoms with Crippen molar-refractivity contribution >= 4 is 0 Å². The normalized spacial score (nSPS) is 26.2. The molecule has 1 aromatic rings. The van der Waals surface area contributed by atoms with Gasteiger partial charge >= 0.3 is 0 Å². The van der Waals surface area contributed by atoms with Crippen LogP contribution in [0.25, 0.3) is 0 Å². The quantitative estimate of drug-likeness (QED) is 0.885. The summed E-state index contributed by atoms with van der Waals surface area (Å²) in [6.45, 7) is 4.43. The second kappa shape index (κ2) is 6.61. The van der Waals surface area contributed by atoms with Gasteiger partial charge in [0, 0.05) is 13.1 Å². The summed E-state index contributed by atoms with van der Waals surface area (Å²) < 4.78 is 12.8. The summed E-state index contributed by atoms with van der Waals surface area (Å²) >= 11 is 0. The molecular formula is C15H23FN2O2. The molecule has 2 unspecified atom stereocenters. The van der Waals surface area contributed by atoms with Crippen LogP contribution in [0.5, 0.6) is 0 Å². The Labute approximate surface area is 119 Å². The van der Waals surface area contributed by atoms with Crippen molar-refractivity contribution in [3.63, 3.8) is 0 Å². The van der Waals surface area contributed by atoms with Crippen molar-refractivity contribution < 1.29 is 14.6 Å². The summed E-state index contributed by atoms with van der Waals surface area (Å²) in [7, 11) is 0. The zero-order chi connectivity index (χ0) is 14.6.